The Morgan fingerprint density at radius 1 is 1.43 bits per heavy atom. The molecule has 1 aromatic heterocycles. The van der Waals surface area contributed by atoms with Crippen molar-refractivity contribution in [3.05, 3.63) is 35.2 Å². The molecule has 0 radical (unpaired) electrons. The highest BCUT2D eigenvalue weighted by molar-refractivity contribution is 5.61. The Kier molecular flexibility index (Phi) is 2.99. The number of nitrogen functional groups attached to an aromatic ring is 1. The average Bonchev–Trinajstić information content (AvgIpc) is 2.88. The summed E-state index contributed by atoms with van der Waals surface area (Å²) in [6.07, 6.45) is 1.87. The topological polar surface area (TPSA) is 56.3 Å². The molecule has 0 saturated heterocycles. The highest BCUT2D eigenvalue weighted by Crippen LogP contribution is 2.30. The predicted octanol–water partition coefficient (Wildman–Crippen LogP) is 2.31. The summed E-state index contributed by atoms with van der Waals surface area (Å²) in [5.74, 6) is -0.228. The molecule has 7 heteroatoms. The number of hydrogen-bond acceptors (Lipinski definition) is 4. The predicted molar refractivity (Wildman–Crippen MR) is 74.5 cm³/mol. The first-order chi connectivity index (χ1) is 10.2. The molecule has 0 fully saturated rings. The van der Waals surface area contributed by atoms with E-state index in [1.807, 2.05) is 20.2 Å². The quantitative estimate of drug-likeness (QED) is 0.883. The standard InChI is InChI=1S/C14H16F2N4O/c1-8-3-10(17)13(21-14(15)16)4-12(8)20-6-9-5-19(2)7-11(9)18-20/h3-4,6,14H,5,7,17H2,1-2H3/i14D. The summed E-state index contributed by atoms with van der Waals surface area (Å²) in [5, 5.41) is 4.48. The highest BCUT2D eigenvalue weighted by Gasteiger charge is 2.21. The summed E-state index contributed by atoms with van der Waals surface area (Å²) in [7, 11) is 2.00. The second kappa shape index (κ2) is 5.00. The Morgan fingerprint density at radius 3 is 2.86 bits per heavy atom. The maximum absolute atomic E-state index is 12.8. The van der Waals surface area contributed by atoms with Gasteiger partial charge in [0.05, 0.1) is 17.1 Å². The maximum atomic E-state index is 12.8. The minimum absolute atomic E-state index is 0.0626. The molecule has 0 atom stereocenters. The van der Waals surface area contributed by atoms with E-state index in [0.29, 0.717) is 5.69 Å². The zero-order valence-electron chi connectivity index (χ0n) is 12.7. The van der Waals surface area contributed by atoms with E-state index in [1.54, 1.807) is 4.68 Å². The van der Waals surface area contributed by atoms with Crippen LogP contribution in [0.15, 0.2) is 18.3 Å². The molecule has 0 unspecified atom stereocenters. The number of nitrogens with zero attached hydrogens (tertiary/aromatic N) is 3. The molecule has 0 amide bonds. The Bertz CT molecular complexity index is 703. The van der Waals surface area contributed by atoms with Crippen LogP contribution in [-0.2, 0) is 13.1 Å². The largest absolute Gasteiger partial charge is 0.433 e. The summed E-state index contributed by atoms with van der Waals surface area (Å²) in [6, 6.07) is 2.92. The third-order valence-corrected chi connectivity index (χ3v) is 3.50. The van der Waals surface area contributed by atoms with E-state index in [9.17, 15) is 8.78 Å². The van der Waals surface area contributed by atoms with Crippen molar-refractivity contribution in [3.8, 4) is 11.4 Å². The van der Waals surface area contributed by atoms with Gasteiger partial charge >= 0.3 is 6.59 Å². The van der Waals surface area contributed by atoms with E-state index in [1.165, 1.54) is 12.1 Å². The van der Waals surface area contributed by atoms with Crippen LogP contribution in [0.2, 0.25) is 0 Å². The Hall–Kier alpha value is -2.15. The second-order valence-corrected chi connectivity index (χ2v) is 5.22. The van der Waals surface area contributed by atoms with Gasteiger partial charge in [-0.3, -0.25) is 4.90 Å². The molecule has 21 heavy (non-hydrogen) atoms. The first-order valence-electron chi connectivity index (χ1n) is 6.96. The number of aryl methyl sites for hydroxylation is 1. The van der Waals surface area contributed by atoms with Crippen molar-refractivity contribution in [2.24, 2.45) is 0 Å². The van der Waals surface area contributed by atoms with Gasteiger partial charge in [0, 0.05) is 30.9 Å². The molecule has 0 spiro atoms. The summed E-state index contributed by atoms with van der Waals surface area (Å²) in [5.41, 5.74) is 9.21. The van der Waals surface area contributed by atoms with Gasteiger partial charge in [-0.25, -0.2) is 4.68 Å². The number of nitrogens with two attached hydrogens (primary N) is 1. The molecule has 1 aromatic carbocycles. The van der Waals surface area contributed by atoms with Gasteiger partial charge in [-0.15, -0.1) is 0 Å². The molecule has 2 N–H and O–H groups in total. The van der Waals surface area contributed by atoms with Crippen LogP contribution in [0.5, 0.6) is 5.75 Å². The lowest BCUT2D eigenvalue weighted by Crippen LogP contribution is -2.11. The number of rotatable bonds is 3. The molecule has 2 aromatic rings. The first-order valence-corrected chi connectivity index (χ1v) is 6.46. The first kappa shape index (κ1) is 12.6. The lowest BCUT2D eigenvalue weighted by atomic mass is 10.1. The van der Waals surface area contributed by atoms with Gasteiger partial charge in [-0.1, -0.05) is 0 Å². The van der Waals surface area contributed by atoms with Crippen molar-refractivity contribution in [2.45, 2.75) is 26.6 Å². The maximum Gasteiger partial charge on any atom is 0.387 e. The fraction of sp³-hybridized carbons (Fsp3) is 0.357. The Balaban J connectivity index is 2.00. The van der Waals surface area contributed by atoms with Crippen molar-refractivity contribution in [3.63, 3.8) is 0 Å². The average molecular weight is 295 g/mol. The van der Waals surface area contributed by atoms with Crippen LogP contribution in [0.3, 0.4) is 0 Å². The fourth-order valence-corrected chi connectivity index (χ4v) is 2.55. The molecule has 2 heterocycles. The van der Waals surface area contributed by atoms with Gasteiger partial charge in [-0.05, 0) is 25.6 Å². The van der Waals surface area contributed by atoms with Gasteiger partial charge in [0.25, 0.3) is 0 Å². The number of halogens is 2. The van der Waals surface area contributed by atoms with Crippen LogP contribution in [0.1, 0.15) is 18.2 Å². The molecule has 0 saturated carbocycles. The molecule has 0 bridgehead atoms. The second-order valence-electron chi connectivity index (χ2n) is 5.22. The van der Waals surface area contributed by atoms with Gasteiger partial charge in [0.15, 0.2) is 7.12 Å². The number of benzene rings is 1. The number of alkyl halides is 2. The van der Waals surface area contributed by atoms with E-state index < -0.39 is 6.59 Å². The summed E-state index contributed by atoms with van der Waals surface area (Å²) in [4.78, 5) is 2.13. The Morgan fingerprint density at radius 2 is 2.19 bits per heavy atom. The number of anilines is 1. The zero-order valence-corrected chi connectivity index (χ0v) is 11.7. The Labute approximate surface area is 122 Å². The molecular formula is C14H16F2N4O. The molecule has 3 rings (SSSR count). The molecular weight excluding hydrogens is 278 g/mol. The molecule has 0 aliphatic carbocycles. The van der Waals surface area contributed by atoms with Gasteiger partial charge < -0.3 is 10.5 Å². The van der Waals surface area contributed by atoms with Crippen molar-refractivity contribution in [1.29, 1.82) is 0 Å². The van der Waals surface area contributed by atoms with Crippen molar-refractivity contribution in [2.75, 3.05) is 12.8 Å². The van der Waals surface area contributed by atoms with Crippen LogP contribution in [0.25, 0.3) is 5.69 Å². The van der Waals surface area contributed by atoms with Crippen molar-refractivity contribution < 1.29 is 14.9 Å². The smallest absolute Gasteiger partial charge is 0.387 e. The summed E-state index contributed by atoms with van der Waals surface area (Å²) in [6.45, 7) is -0.662. The van der Waals surface area contributed by atoms with Crippen molar-refractivity contribution >= 4 is 5.69 Å². The lowest BCUT2D eigenvalue weighted by molar-refractivity contribution is -0.0493. The third kappa shape index (κ3) is 2.56. The number of hydrogen-bond donors (Lipinski definition) is 1. The fourth-order valence-electron chi connectivity index (χ4n) is 2.55. The summed E-state index contributed by atoms with van der Waals surface area (Å²) < 4.78 is 38.0. The molecule has 112 valence electrons. The minimum atomic E-state index is -4.03. The SMILES string of the molecule is [2H]C(F)(F)Oc1cc(-n2cc3c(n2)CN(C)C3)c(C)cc1N. The molecule has 1 aliphatic rings. The van der Waals surface area contributed by atoms with E-state index in [0.717, 1.165) is 29.9 Å². The van der Waals surface area contributed by atoms with Crippen LogP contribution >= 0.6 is 0 Å². The van der Waals surface area contributed by atoms with Gasteiger partial charge in [0.1, 0.15) is 0 Å². The van der Waals surface area contributed by atoms with Crippen LogP contribution in [0.4, 0.5) is 14.5 Å². The van der Waals surface area contributed by atoms with E-state index >= 15 is 0 Å². The van der Waals surface area contributed by atoms with Crippen LogP contribution in [-0.4, -0.2) is 28.3 Å². The van der Waals surface area contributed by atoms with Gasteiger partial charge in [-0.2, -0.15) is 13.9 Å². The monoisotopic (exact) mass is 295 g/mol. The van der Waals surface area contributed by atoms with E-state index in [2.05, 4.69) is 14.7 Å². The van der Waals surface area contributed by atoms with Crippen LogP contribution < -0.4 is 10.5 Å². The lowest BCUT2D eigenvalue weighted by Gasteiger charge is -2.13. The van der Waals surface area contributed by atoms with Crippen molar-refractivity contribution in [1.82, 2.24) is 14.7 Å². The zero-order chi connectivity index (χ0) is 16.1. The van der Waals surface area contributed by atoms with Gasteiger partial charge in [0.2, 0.25) is 0 Å². The molecule has 1 aliphatic heterocycles. The highest BCUT2D eigenvalue weighted by atomic mass is 19.3. The number of fused-ring (bicyclic) bond motifs is 1. The number of aromatic nitrogens is 2. The normalized spacial score (nSPS) is 15.9. The minimum Gasteiger partial charge on any atom is -0.433 e. The van der Waals surface area contributed by atoms with E-state index in [-0.39, 0.29) is 11.4 Å². The van der Waals surface area contributed by atoms with Crippen LogP contribution in [0, 0.1) is 6.92 Å². The summed E-state index contributed by atoms with van der Waals surface area (Å²) >= 11 is 0. The third-order valence-electron chi connectivity index (χ3n) is 3.50. The molecule has 5 nitrogen and oxygen atoms in total. The number of ether oxygens (including phenoxy) is 1. The van der Waals surface area contributed by atoms with E-state index in [4.69, 9.17) is 7.10 Å².